The summed E-state index contributed by atoms with van der Waals surface area (Å²) >= 11 is 12.5. The second kappa shape index (κ2) is 6.83. The Hall–Kier alpha value is -2.04. The average Bonchev–Trinajstić information content (AvgIpc) is 2.89. The average molecular weight is 362 g/mol. The third-order valence-corrected chi connectivity index (χ3v) is 4.37. The first kappa shape index (κ1) is 16.8. The van der Waals surface area contributed by atoms with E-state index in [4.69, 9.17) is 23.2 Å². The van der Waals surface area contributed by atoms with E-state index in [1.807, 2.05) is 38.1 Å². The lowest BCUT2D eigenvalue weighted by Crippen LogP contribution is -2.30. The standard InChI is InChI=1S/C18H17Cl2N3O/c1-11(2)21-18(24)17-12-6-3-4-9-16(12)23(22-17)10-13-14(19)7-5-8-15(13)20/h3-9,11H,10H2,1-2H3,(H,21,24). The van der Waals surface area contributed by atoms with Crippen molar-refractivity contribution < 1.29 is 4.79 Å². The Kier molecular flexibility index (Phi) is 4.78. The summed E-state index contributed by atoms with van der Waals surface area (Å²) in [6.45, 7) is 4.23. The highest BCUT2D eigenvalue weighted by Crippen LogP contribution is 2.27. The molecule has 3 aromatic rings. The maximum atomic E-state index is 12.4. The molecule has 0 spiro atoms. The molecule has 0 aliphatic carbocycles. The summed E-state index contributed by atoms with van der Waals surface area (Å²) in [5.41, 5.74) is 2.05. The van der Waals surface area contributed by atoms with Crippen molar-refractivity contribution in [1.82, 2.24) is 15.1 Å². The second-order valence-electron chi connectivity index (χ2n) is 5.85. The van der Waals surface area contributed by atoms with Gasteiger partial charge in [0.05, 0.1) is 12.1 Å². The molecule has 0 unspecified atom stereocenters. The number of carbonyl (C=O) groups excluding carboxylic acids is 1. The van der Waals surface area contributed by atoms with E-state index >= 15 is 0 Å². The Bertz CT molecular complexity index is 882. The van der Waals surface area contributed by atoms with Gasteiger partial charge in [-0.3, -0.25) is 9.48 Å². The molecule has 1 heterocycles. The summed E-state index contributed by atoms with van der Waals surface area (Å²) in [5, 5.41) is 9.35. The molecule has 6 heteroatoms. The summed E-state index contributed by atoms with van der Waals surface area (Å²) in [6.07, 6.45) is 0. The largest absolute Gasteiger partial charge is 0.348 e. The number of amides is 1. The van der Waals surface area contributed by atoms with Crippen molar-refractivity contribution in [2.45, 2.75) is 26.4 Å². The molecular weight excluding hydrogens is 345 g/mol. The maximum Gasteiger partial charge on any atom is 0.272 e. The van der Waals surface area contributed by atoms with Crippen LogP contribution in [-0.4, -0.2) is 21.7 Å². The van der Waals surface area contributed by atoms with Gasteiger partial charge in [-0.15, -0.1) is 0 Å². The number of hydrogen-bond donors (Lipinski definition) is 1. The van der Waals surface area contributed by atoms with Crippen molar-refractivity contribution >= 4 is 40.0 Å². The van der Waals surface area contributed by atoms with Crippen LogP contribution in [0.1, 0.15) is 29.9 Å². The highest BCUT2D eigenvalue weighted by molar-refractivity contribution is 6.36. The second-order valence-corrected chi connectivity index (χ2v) is 6.67. The van der Waals surface area contributed by atoms with Crippen molar-refractivity contribution in [1.29, 1.82) is 0 Å². The van der Waals surface area contributed by atoms with Crippen LogP contribution in [0.3, 0.4) is 0 Å². The highest BCUT2D eigenvalue weighted by Gasteiger charge is 2.18. The first-order chi connectivity index (χ1) is 11.5. The van der Waals surface area contributed by atoms with E-state index in [0.29, 0.717) is 22.3 Å². The lowest BCUT2D eigenvalue weighted by atomic mass is 10.2. The molecule has 1 aromatic heterocycles. The Morgan fingerprint density at radius 3 is 2.46 bits per heavy atom. The van der Waals surface area contributed by atoms with Crippen LogP contribution in [0, 0.1) is 0 Å². The third kappa shape index (κ3) is 3.25. The van der Waals surface area contributed by atoms with E-state index in [0.717, 1.165) is 16.5 Å². The molecule has 1 amide bonds. The summed E-state index contributed by atoms with van der Waals surface area (Å²) in [5.74, 6) is -0.190. The van der Waals surface area contributed by atoms with E-state index in [1.54, 1.807) is 22.9 Å². The molecule has 0 saturated carbocycles. The minimum atomic E-state index is -0.190. The van der Waals surface area contributed by atoms with E-state index in [1.165, 1.54) is 0 Å². The number of benzene rings is 2. The number of hydrogen-bond acceptors (Lipinski definition) is 2. The molecule has 0 aliphatic rings. The zero-order chi connectivity index (χ0) is 17.3. The fourth-order valence-corrected chi connectivity index (χ4v) is 3.10. The van der Waals surface area contributed by atoms with Crippen LogP contribution in [0.2, 0.25) is 10.0 Å². The van der Waals surface area contributed by atoms with Crippen LogP contribution >= 0.6 is 23.2 Å². The molecule has 3 rings (SSSR count). The molecule has 0 bridgehead atoms. The quantitative estimate of drug-likeness (QED) is 0.741. The fourth-order valence-electron chi connectivity index (χ4n) is 2.58. The van der Waals surface area contributed by atoms with Crippen LogP contribution in [0.15, 0.2) is 42.5 Å². The topological polar surface area (TPSA) is 46.9 Å². The SMILES string of the molecule is CC(C)NC(=O)c1nn(Cc2c(Cl)cccc2Cl)c2ccccc12. The number of nitrogens with zero attached hydrogens (tertiary/aromatic N) is 2. The van der Waals surface area contributed by atoms with Crippen molar-refractivity contribution in [2.24, 2.45) is 0 Å². The lowest BCUT2D eigenvalue weighted by molar-refractivity contribution is 0.0939. The Morgan fingerprint density at radius 1 is 1.12 bits per heavy atom. The molecule has 2 aromatic carbocycles. The first-order valence-electron chi connectivity index (χ1n) is 7.66. The van der Waals surface area contributed by atoms with Gasteiger partial charge in [0.1, 0.15) is 0 Å². The van der Waals surface area contributed by atoms with Gasteiger partial charge < -0.3 is 5.32 Å². The smallest absolute Gasteiger partial charge is 0.272 e. The Labute approximate surface area is 150 Å². The maximum absolute atomic E-state index is 12.4. The molecular formula is C18H17Cl2N3O. The molecule has 0 atom stereocenters. The van der Waals surface area contributed by atoms with E-state index in [2.05, 4.69) is 10.4 Å². The number of nitrogens with one attached hydrogen (secondary N) is 1. The van der Waals surface area contributed by atoms with E-state index in [9.17, 15) is 4.79 Å². The van der Waals surface area contributed by atoms with Crippen LogP contribution in [0.25, 0.3) is 10.9 Å². The lowest BCUT2D eigenvalue weighted by Gasteiger charge is -2.08. The van der Waals surface area contributed by atoms with Gasteiger partial charge in [0.15, 0.2) is 5.69 Å². The van der Waals surface area contributed by atoms with Crippen LogP contribution in [0.5, 0.6) is 0 Å². The Morgan fingerprint density at radius 2 is 1.79 bits per heavy atom. The predicted molar refractivity (Wildman–Crippen MR) is 97.9 cm³/mol. The molecule has 1 N–H and O–H groups in total. The third-order valence-electron chi connectivity index (χ3n) is 3.66. The zero-order valence-electron chi connectivity index (χ0n) is 13.4. The fraction of sp³-hybridized carbons (Fsp3) is 0.222. The van der Waals surface area contributed by atoms with Crippen molar-refractivity contribution in [2.75, 3.05) is 0 Å². The van der Waals surface area contributed by atoms with Gasteiger partial charge in [-0.25, -0.2) is 0 Å². The highest BCUT2D eigenvalue weighted by atomic mass is 35.5. The monoisotopic (exact) mass is 361 g/mol. The van der Waals surface area contributed by atoms with E-state index in [-0.39, 0.29) is 11.9 Å². The van der Waals surface area contributed by atoms with E-state index < -0.39 is 0 Å². The number of para-hydroxylation sites is 1. The molecule has 24 heavy (non-hydrogen) atoms. The van der Waals surface area contributed by atoms with Crippen molar-refractivity contribution in [3.05, 3.63) is 63.8 Å². The molecule has 124 valence electrons. The van der Waals surface area contributed by atoms with Gasteiger partial charge in [-0.05, 0) is 32.0 Å². The zero-order valence-corrected chi connectivity index (χ0v) is 14.9. The summed E-state index contributed by atoms with van der Waals surface area (Å²) in [6, 6.07) is 13.1. The van der Waals surface area contributed by atoms with Gasteiger partial charge in [0.2, 0.25) is 0 Å². The summed E-state index contributed by atoms with van der Waals surface area (Å²) in [7, 11) is 0. The van der Waals surface area contributed by atoms with Crippen LogP contribution in [0.4, 0.5) is 0 Å². The minimum absolute atomic E-state index is 0.0411. The van der Waals surface area contributed by atoms with Crippen molar-refractivity contribution in [3.8, 4) is 0 Å². The Balaban J connectivity index is 2.07. The van der Waals surface area contributed by atoms with Gasteiger partial charge in [-0.2, -0.15) is 5.10 Å². The molecule has 0 aliphatic heterocycles. The van der Waals surface area contributed by atoms with Crippen molar-refractivity contribution in [3.63, 3.8) is 0 Å². The summed E-state index contributed by atoms with van der Waals surface area (Å²) in [4.78, 5) is 12.4. The molecule has 4 nitrogen and oxygen atoms in total. The summed E-state index contributed by atoms with van der Waals surface area (Å²) < 4.78 is 1.76. The number of halogens is 2. The molecule has 0 fully saturated rings. The number of carbonyl (C=O) groups is 1. The van der Waals surface area contributed by atoms with Gasteiger partial charge in [0.25, 0.3) is 5.91 Å². The number of fused-ring (bicyclic) bond motifs is 1. The first-order valence-corrected chi connectivity index (χ1v) is 8.42. The van der Waals surface area contributed by atoms with Gasteiger partial charge in [-0.1, -0.05) is 47.5 Å². The number of rotatable bonds is 4. The van der Waals surface area contributed by atoms with Gasteiger partial charge in [0, 0.05) is 27.0 Å². The minimum Gasteiger partial charge on any atom is -0.348 e. The van der Waals surface area contributed by atoms with Gasteiger partial charge >= 0.3 is 0 Å². The molecule has 0 radical (unpaired) electrons. The number of aromatic nitrogens is 2. The normalized spacial score (nSPS) is 11.2. The van der Waals surface area contributed by atoms with Crippen LogP contribution in [-0.2, 0) is 6.54 Å². The predicted octanol–water partition coefficient (Wildman–Crippen LogP) is 4.53. The molecule has 0 saturated heterocycles. The van der Waals surface area contributed by atoms with Crippen LogP contribution < -0.4 is 5.32 Å².